The normalized spacial score (nSPS) is 34.6. The fourth-order valence-corrected chi connectivity index (χ4v) is 9.32. The van der Waals surface area contributed by atoms with Crippen LogP contribution in [0.1, 0.15) is 106 Å². The number of hydrogen-bond donors (Lipinski definition) is 5. The third-order valence-electron chi connectivity index (χ3n) is 12.3. The maximum atomic E-state index is 14.8. The highest BCUT2D eigenvalue weighted by atomic mass is 16.6. The first-order chi connectivity index (χ1) is 26.0. The Morgan fingerprint density at radius 3 is 2.25 bits per heavy atom. The van der Waals surface area contributed by atoms with Crippen molar-refractivity contribution in [2.45, 2.75) is 154 Å². The number of carbonyl (C=O) groups is 5. The Balaban J connectivity index is 1.64. The number of carbonyl (C=O) groups excluding carboxylic acids is 5. The highest BCUT2D eigenvalue weighted by Gasteiger charge is 2.78. The number of rotatable bonds is 10. The predicted octanol–water partition coefficient (Wildman–Crippen LogP) is 3.14. The van der Waals surface area contributed by atoms with Crippen LogP contribution >= 0.6 is 0 Å². The summed E-state index contributed by atoms with van der Waals surface area (Å²) in [6.07, 6.45) is -10.2. The zero-order chi connectivity index (χ0) is 41.8. The largest absolute Gasteiger partial charge is 0.459 e. The summed E-state index contributed by atoms with van der Waals surface area (Å²) in [6, 6.07) is 6.82. The highest BCUT2D eigenvalue weighted by molar-refractivity contribution is 5.93. The van der Waals surface area contributed by atoms with Gasteiger partial charge in [-0.3, -0.25) is 14.4 Å². The minimum absolute atomic E-state index is 0.0370. The monoisotopic (exact) mass is 787 g/mol. The first-order valence-electron chi connectivity index (χ1n) is 19.2. The van der Waals surface area contributed by atoms with Crippen molar-refractivity contribution in [1.82, 2.24) is 5.32 Å². The molecule has 0 radical (unpaired) electrons. The minimum atomic E-state index is -2.29. The Morgan fingerprint density at radius 2 is 1.70 bits per heavy atom. The molecule has 3 fully saturated rings. The van der Waals surface area contributed by atoms with Crippen LogP contribution in [0.3, 0.4) is 0 Å². The summed E-state index contributed by atoms with van der Waals surface area (Å²) in [6.45, 7) is 13.8. The van der Waals surface area contributed by atoms with E-state index in [1.54, 1.807) is 65.0 Å². The van der Waals surface area contributed by atoms with Gasteiger partial charge in [0.1, 0.15) is 35.6 Å². The SMILES string of the molecule is CCCCC(=O)O[C@H]1[C@@H]2[C@]3(OC(C)=O)CO[C@@H]3C[C@H](O)[C@@]2(C)C(=O)[C@H](O)C2=C(C)[C@@H](OC(=O)[C@H](O)[C@@H](NC(=O)OC(C)(C)C)c3ccccc3)CC1(O)C2(C)C. The van der Waals surface area contributed by atoms with E-state index in [0.29, 0.717) is 18.4 Å². The van der Waals surface area contributed by atoms with E-state index in [9.17, 15) is 44.4 Å². The van der Waals surface area contributed by atoms with Crippen molar-refractivity contribution in [3.63, 3.8) is 0 Å². The van der Waals surface area contributed by atoms with E-state index in [4.69, 9.17) is 23.7 Å². The minimum Gasteiger partial charge on any atom is -0.459 e. The number of aliphatic hydroxyl groups excluding tert-OH is 3. The molecule has 15 nitrogen and oxygen atoms in total. The summed E-state index contributed by atoms with van der Waals surface area (Å²) in [5.41, 5.74) is -7.93. The van der Waals surface area contributed by atoms with Gasteiger partial charge in [-0.15, -0.1) is 0 Å². The molecule has 1 aliphatic heterocycles. The van der Waals surface area contributed by atoms with Crippen LogP contribution in [0, 0.1) is 16.7 Å². The number of unbranched alkanes of at least 4 members (excludes halogenated alkanes) is 1. The number of Topliss-reactive ketones (excluding diaryl/α,β-unsaturated/α-hetero) is 1. The molecule has 1 aromatic carbocycles. The second-order valence-electron chi connectivity index (χ2n) is 17.4. The lowest BCUT2D eigenvalue weighted by molar-refractivity contribution is -0.347. The van der Waals surface area contributed by atoms with Crippen molar-refractivity contribution in [3.8, 4) is 0 Å². The molecule has 4 aliphatic rings. The molecular formula is C41H57NO14. The number of esters is 3. The van der Waals surface area contributed by atoms with E-state index < -0.39 is 112 Å². The summed E-state index contributed by atoms with van der Waals surface area (Å²) in [4.78, 5) is 68.2. The Kier molecular flexibility index (Phi) is 11.9. The zero-order valence-corrected chi connectivity index (χ0v) is 33.6. The van der Waals surface area contributed by atoms with Crippen molar-refractivity contribution in [1.29, 1.82) is 0 Å². The average Bonchev–Trinajstić information content (AvgIpc) is 3.10. The number of nitrogens with one attached hydrogen (secondary N) is 1. The standard InChI is InChI=1S/C41H57NO14/c1-10-11-17-27(45)54-34-32-39(9,25(44)18-26-40(32,20-52-26)55-22(3)43)33(48)30(46)28-21(2)24(19-41(34,51)38(28,7)8)53-35(49)31(47)29(23-15-13-12-14-16-23)42-36(50)56-37(4,5)6/h12-16,24-26,29-32,34,44,46-47,51H,10-11,17-20H2,1-9H3,(H,42,50)/t24-,25-,26+,29-,30+,31+,32-,34-,39+,40-,41?/m0/s1. The third-order valence-corrected chi connectivity index (χ3v) is 12.3. The summed E-state index contributed by atoms with van der Waals surface area (Å²) < 4.78 is 29.4. The fraction of sp³-hybridized carbons (Fsp3) is 0.683. The Hall–Kier alpha value is -3.89. The first kappa shape index (κ1) is 43.2. The predicted molar refractivity (Wildman–Crippen MR) is 197 cm³/mol. The van der Waals surface area contributed by atoms with Crippen molar-refractivity contribution in [3.05, 3.63) is 47.0 Å². The van der Waals surface area contributed by atoms with Crippen LogP contribution in [-0.2, 0) is 42.9 Å². The Bertz CT molecular complexity index is 1740. The van der Waals surface area contributed by atoms with Crippen LogP contribution in [0.15, 0.2) is 41.5 Å². The third kappa shape index (κ3) is 7.36. The summed E-state index contributed by atoms with van der Waals surface area (Å²) >= 11 is 0. The van der Waals surface area contributed by atoms with Gasteiger partial charge in [-0.2, -0.15) is 0 Å². The van der Waals surface area contributed by atoms with Gasteiger partial charge in [0, 0.05) is 31.6 Å². The molecule has 1 heterocycles. The molecule has 5 N–H and O–H groups in total. The molecule has 0 aromatic heterocycles. The number of fused-ring (bicyclic) bond motifs is 5. The van der Waals surface area contributed by atoms with Gasteiger partial charge in [0.15, 0.2) is 17.5 Å². The number of ketones is 1. The molecule has 5 rings (SSSR count). The van der Waals surface area contributed by atoms with Gasteiger partial charge >= 0.3 is 24.0 Å². The van der Waals surface area contributed by atoms with Gasteiger partial charge in [-0.05, 0) is 57.7 Å². The van der Waals surface area contributed by atoms with Gasteiger partial charge in [-0.1, -0.05) is 57.5 Å². The molecule has 1 unspecified atom stereocenters. The first-order valence-corrected chi connectivity index (χ1v) is 19.2. The second kappa shape index (κ2) is 15.5. The van der Waals surface area contributed by atoms with E-state index in [2.05, 4.69) is 5.32 Å². The van der Waals surface area contributed by atoms with Crippen molar-refractivity contribution < 1.29 is 68.1 Å². The molecule has 0 spiro atoms. The maximum absolute atomic E-state index is 14.8. The van der Waals surface area contributed by atoms with Gasteiger partial charge < -0.3 is 49.4 Å². The number of amides is 1. The molecular weight excluding hydrogens is 730 g/mol. The number of benzene rings is 1. The smallest absolute Gasteiger partial charge is 0.408 e. The maximum Gasteiger partial charge on any atom is 0.408 e. The average molecular weight is 788 g/mol. The molecule has 310 valence electrons. The molecule has 1 aromatic rings. The van der Waals surface area contributed by atoms with Gasteiger partial charge in [0.25, 0.3) is 0 Å². The highest BCUT2D eigenvalue weighted by Crippen LogP contribution is 2.64. The van der Waals surface area contributed by atoms with Gasteiger partial charge in [-0.25, -0.2) is 9.59 Å². The number of hydrogen-bond acceptors (Lipinski definition) is 14. The molecule has 11 atom stereocenters. The van der Waals surface area contributed by atoms with Gasteiger partial charge in [0.2, 0.25) is 0 Å². The molecule has 15 heteroatoms. The molecule has 1 saturated heterocycles. The molecule has 2 bridgehead atoms. The molecule has 56 heavy (non-hydrogen) atoms. The molecule has 1 amide bonds. The van der Waals surface area contributed by atoms with Crippen LogP contribution in [0.25, 0.3) is 0 Å². The lowest BCUT2D eigenvalue weighted by Crippen LogP contribution is -2.81. The number of ether oxygens (including phenoxy) is 5. The second-order valence-corrected chi connectivity index (χ2v) is 17.4. The van der Waals surface area contributed by atoms with Crippen LogP contribution < -0.4 is 5.32 Å². The summed E-state index contributed by atoms with van der Waals surface area (Å²) in [7, 11) is 0. The number of aliphatic hydroxyl groups is 4. The van der Waals surface area contributed by atoms with E-state index in [1.807, 2.05) is 6.92 Å². The summed E-state index contributed by atoms with van der Waals surface area (Å²) in [5.74, 6) is -5.05. The van der Waals surface area contributed by atoms with Crippen LogP contribution in [0.5, 0.6) is 0 Å². The van der Waals surface area contributed by atoms with E-state index in [-0.39, 0.29) is 30.6 Å². The lowest BCUT2D eigenvalue weighted by atomic mass is 9.44. The molecule has 3 aliphatic carbocycles. The van der Waals surface area contributed by atoms with Crippen LogP contribution in [0.2, 0.25) is 0 Å². The van der Waals surface area contributed by atoms with Crippen LogP contribution in [-0.4, -0.2) is 110 Å². The fourth-order valence-electron chi connectivity index (χ4n) is 9.32. The molecule has 2 saturated carbocycles. The van der Waals surface area contributed by atoms with E-state index in [1.165, 1.54) is 20.8 Å². The topological polar surface area (TPSA) is 224 Å². The van der Waals surface area contributed by atoms with Gasteiger partial charge in [0.05, 0.1) is 30.1 Å². The lowest BCUT2D eigenvalue weighted by Gasteiger charge is -2.67. The quantitative estimate of drug-likeness (QED) is 0.131. The zero-order valence-electron chi connectivity index (χ0n) is 33.6. The van der Waals surface area contributed by atoms with Crippen molar-refractivity contribution in [2.24, 2.45) is 16.7 Å². The van der Waals surface area contributed by atoms with E-state index in [0.717, 1.165) is 0 Å². The van der Waals surface area contributed by atoms with E-state index >= 15 is 0 Å². The Morgan fingerprint density at radius 1 is 1.05 bits per heavy atom. The van der Waals surface area contributed by atoms with Crippen molar-refractivity contribution >= 4 is 29.8 Å². The van der Waals surface area contributed by atoms with Crippen LogP contribution in [0.4, 0.5) is 4.79 Å². The Labute approximate surface area is 327 Å². The summed E-state index contributed by atoms with van der Waals surface area (Å²) in [5, 5.41) is 51.3. The van der Waals surface area contributed by atoms with Crippen molar-refractivity contribution in [2.75, 3.05) is 6.61 Å². The number of alkyl carbamates (subject to hydrolysis) is 1.